The van der Waals surface area contributed by atoms with Crippen LogP contribution in [0.15, 0.2) is 144 Å². The Kier molecular flexibility index (Phi) is 8.25. The van der Waals surface area contributed by atoms with Gasteiger partial charge in [-0.25, -0.2) is 0 Å². The van der Waals surface area contributed by atoms with Gasteiger partial charge in [0.1, 0.15) is 11.2 Å². The van der Waals surface area contributed by atoms with Gasteiger partial charge in [-0.2, -0.15) is 0 Å². The summed E-state index contributed by atoms with van der Waals surface area (Å²) < 4.78 is 7.13. The zero-order valence-electron chi connectivity index (χ0n) is 36.2. The van der Waals surface area contributed by atoms with E-state index in [9.17, 15) is 0 Å². The summed E-state index contributed by atoms with van der Waals surface area (Å²) >= 11 is 0. The van der Waals surface area contributed by atoms with Crippen molar-refractivity contribution in [1.82, 2.24) is 0 Å². The van der Waals surface area contributed by atoms with Crippen molar-refractivity contribution in [1.29, 1.82) is 0 Å². The number of fused-ring (bicyclic) bond motifs is 9. The maximum atomic E-state index is 7.13. The number of hydrogen-bond donors (Lipinski definition) is 0. The van der Waals surface area contributed by atoms with Crippen LogP contribution >= 0.6 is 0 Å². The molecule has 0 aliphatic heterocycles. The Balaban J connectivity index is 1.12. The van der Waals surface area contributed by atoms with Crippen molar-refractivity contribution >= 4 is 39.0 Å². The molecule has 11 rings (SSSR count). The Hall–Kier alpha value is -5.86. The summed E-state index contributed by atoms with van der Waals surface area (Å²) in [5.74, 6) is 0.555. The fourth-order valence-electron chi connectivity index (χ4n) is 11.3. The molecule has 2 heteroatoms. The minimum Gasteiger partial charge on any atom is -0.455 e. The van der Waals surface area contributed by atoms with Gasteiger partial charge in [0.05, 0.1) is 5.69 Å². The van der Waals surface area contributed by atoms with Gasteiger partial charge in [0.25, 0.3) is 0 Å². The largest absolute Gasteiger partial charge is 0.455 e. The number of benzene rings is 7. The lowest BCUT2D eigenvalue weighted by molar-refractivity contribution is 0.442. The average Bonchev–Trinajstić information content (AvgIpc) is 3.83. The molecule has 1 aromatic heterocycles. The standard InChI is InChI=1S/C58H55NO/c1-56(2,3)37-27-30-42-44-32-29-39(35-52(44)58(6,7)50(42)33-37)59(38-28-31-43-41-19-11-13-25-49(41)57(4,5)51(43)34-38)53-26-14-12-20-45(53)46-22-16-24-48-47-23-15-21-40(54(47)60-55(46)48)36-17-9-8-10-18-36/h11-16,19-36H,8-10,17-18H2,1-7H3. The minimum atomic E-state index is -0.162. The molecular formula is C58H55NO. The molecule has 3 aliphatic carbocycles. The van der Waals surface area contributed by atoms with E-state index in [1.54, 1.807) is 0 Å². The Morgan fingerprint density at radius 3 is 1.70 bits per heavy atom. The second-order valence-electron chi connectivity index (χ2n) is 20.0. The first kappa shape index (κ1) is 37.2. The lowest BCUT2D eigenvalue weighted by atomic mass is 9.79. The molecule has 3 aliphatic rings. The number of furan rings is 1. The third-order valence-electron chi connectivity index (χ3n) is 14.6. The molecule has 1 heterocycles. The normalized spacial score (nSPS) is 16.4. The average molecular weight is 782 g/mol. The third kappa shape index (κ3) is 5.52. The summed E-state index contributed by atoms with van der Waals surface area (Å²) in [5, 5.41) is 2.41. The van der Waals surface area contributed by atoms with E-state index in [0.29, 0.717) is 5.92 Å². The summed E-state index contributed by atoms with van der Waals surface area (Å²) in [6.45, 7) is 16.5. The van der Waals surface area contributed by atoms with Crippen molar-refractivity contribution in [3.8, 4) is 33.4 Å². The maximum Gasteiger partial charge on any atom is 0.143 e. The summed E-state index contributed by atoms with van der Waals surface area (Å²) in [6, 6.07) is 53.0. The van der Waals surface area contributed by atoms with Crippen LogP contribution in [0.2, 0.25) is 0 Å². The van der Waals surface area contributed by atoms with E-state index in [0.717, 1.165) is 39.4 Å². The minimum absolute atomic E-state index is 0.0761. The predicted octanol–water partition coefficient (Wildman–Crippen LogP) is 16.7. The monoisotopic (exact) mass is 781 g/mol. The van der Waals surface area contributed by atoms with Gasteiger partial charge in [-0.15, -0.1) is 0 Å². The van der Waals surface area contributed by atoms with Crippen molar-refractivity contribution < 1.29 is 4.42 Å². The molecule has 0 atom stereocenters. The van der Waals surface area contributed by atoms with Crippen LogP contribution in [0.3, 0.4) is 0 Å². The van der Waals surface area contributed by atoms with Gasteiger partial charge < -0.3 is 9.32 Å². The topological polar surface area (TPSA) is 16.4 Å². The molecule has 0 spiro atoms. The van der Waals surface area contributed by atoms with Crippen LogP contribution in [0.25, 0.3) is 55.3 Å². The molecule has 0 amide bonds. The van der Waals surface area contributed by atoms with E-state index in [-0.39, 0.29) is 16.2 Å². The first-order valence-corrected chi connectivity index (χ1v) is 22.3. The zero-order valence-corrected chi connectivity index (χ0v) is 36.2. The van der Waals surface area contributed by atoms with Crippen LogP contribution < -0.4 is 4.90 Å². The highest BCUT2D eigenvalue weighted by Gasteiger charge is 2.39. The predicted molar refractivity (Wildman–Crippen MR) is 253 cm³/mol. The van der Waals surface area contributed by atoms with Gasteiger partial charge in [0.2, 0.25) is 0 Å². The number of para-hydroxylation sites is 3. The molecule has 0 unspecified atom stereocenters. The second-order valence-corrected chi connectivity index (χ2v) is 20.0. The van der Waals surface area contributed by atoms with Crippen molar-refractivity contribution in [2.24, 2.45) is 0 Å². The summed E-state index contributed by atoms with van der Waals surface area (Å²) in [7, 11) is 0. The smallest absolute Gasteiger partial charge is 0.143 e. The molecule has 8 aromatic rings. The number of anilines is 3. The first-order valence-electron chi connectivity index (χ1n) is 22.3. The van der Waals surface area contributed by atoms with E-state index in [1.165, 1.54) is 98.5 Å². The van der Waals surface area contributed by atoms with E-state index in [4.69, 9.17) is 4.42 Å². The molecule has 2 nitrogen and oxygen atoms in total. The third-order valence-corrected chi connectivity index (χ3v) is 14.6. The Bertz CT molecular complexity index is 3010. The van der Waals surface area contributed by atoms with Gasteiger partial charge >= 0.3 is 0 Å². The van der Waals surface area contributed by atoms with Crippen LogP contribution in [0.4, 0.5) is 17.1 Å². The summed E-state index contributed by atoms with van der Waals surface area (Å²) in [6.07, 6.45) is 6.41. The molecule has 7 aromatic carbocycles. The number of nitrogens with zero attached hydrogens (tertiary/aromatic N) is 1. The fraction of sp³-hybridized carbons (Fsp3) is 0.276. The lowest BCUT2D eigenvalue weighted by Crippen LogP contribution is -2.19. The van der Waals surface area contributed by atoms with Gasteiger partial charge in [-0.1, -0.05) is 177 Å². The van der Waals surface area contributed by atoms with Crippen LogP contribution in [0.1, 0.15) is 120 Å². The molecule has 298 valence electrons. The summed E-state index contributed by atoms with van der Waals surface area (Å²) in [4.78, 5) is 2.52. The van der Waals surface area contributed by atoms with Crippen LogP contribution in [-0.4, -0.2) is 0 Å². The van der Waals surface area contributed by atoms with E-state index < -0.39 is 0 Å². The molecule has 0 N–H and O–H groups in total. The van der Waals surface area contributed by atoms with E-state index >= 15 is 0 Å². The van der Waals surface area contributed by atoms with Crippen LogP contribution in [0.5, 0.6) is 0 Å². The van der Waals surface area contributed by atoms with Gasteiger partial charge in [0.15, 0.2) is 0 Å². The molecule has 1 fully saturated rings. The fourth-order valence-corrected chi connectivity index (χ4v) is 11.3. The van der Waals surface area contributed by atoms with Crippen molar-refractivity contribution in [2.75, 3.05) is 4.90 Å². The lowest BCUT2D eigenvalue weighted by Gasteiger charge is -2.31. The van der Waals surface area contributed by atoms with Gasteiger partial charge in [-0.3, -0.25) is 0 Å². The zero-order chi connectivity index (χ0) is 41.1. The number of rotatable bonds is 5. The van der Waals surface area contributed by atoms with Gasteiger partial charge in [0, 0.05) is 44.1 Å². The van der Waals surface area contributed by atoms with Crippen molar-refractivity contribution in [3.63, 3.8) is 0 Å². The van der Waals surface area contributed by atoms with E-state index in [2.05, 4.69) is 193 Å². The Morgan fingerprint density at radius 2 is 1.02 bits per heavy atom. The Morgan fingerprint density at radius 1 is 0.483 bits per heavy atom. The quantitative estimate of drug-likeness (QED) is 0.173. The molecule has 0 saturated heterocycles. The first-order chi connectivity index (χ1) is 28.9. The SMILES string of the molecule is CC(C)(C)c1ccc2c(c1)C(C)(C)c1cc(N(c3ccc4c(c3)C(C)(C)c3ccccc3-4)c3ccccc3-c3cccc4c3oc3c(C5CCCCC5)cccc34)ccc1-2. The van der Waals surface area contributed by atoms with Crippen molar-refractivity contribution in [2.45, 2.75) is 103 Å². The van der Waals surface area contributed by atoms with Crippen molar-refractivity contribution in [3.05, 3.63) is 173 Å². The highest BCUT2D eigenvalue weighted by Crippen LogP contribution is 2.55. The Labute approximate surface area is 355 Å². The van der Waals surface area contributed by atoms with Crippen LogP contribution in [0, 0.1) is 0 Å². The molecular weight excluding hydrogens is 727 g/mol. The molecule has 0 bridgehead atoms. The molecule has 1 saturated carbocycles. The molecule has 0 radical (unpaired) electrons. The van der Waals surface area contributed by atoms with Crippen LogP contribution in [-0.2, 0) is 16.2 Å². The highest BCUT2D eigenvalue weighted by molar-refractivity contribution is 6.11. The van der Waals surface area contributed by atoms with E-state index in [1.807, 2.05) is 0 Å². The maximum absolute atomic E-state index is 7.13. The number of hydrogen-bond acceptors (Lipinski definition) is 2. The highest BCUT2D eigenvalue weighted by atomic mass is 16.3. The van der Waals surface area contributed by atoms with Gasteiger partial charge in [-0.05, 0) is 110 Å². The second kappa shape index (κ2) is 13.3. The summed E-state index contributed by atoms with van der Waals surface area (Å²) in [5.41, 5.74) is 21.2. The molecule has 60 heavy (non-hydrogen) atoms.